The highest BCUT2D eigenvalue weighted by molar-refractivity contribution is 9.09. The summed E-state index contributed by atoms with van der Waals surface area (Å²) in [5.41, 5.74) is 2.61. The molecule has 0 radical (unpaired) electrons. The van der Waals surface area contributed by atoms with E-state index in [-0.39, 0.29) is 5.91 Å². The van der Waals surface area contributed by atoms with Crippen molar-refractivity contribution < 1.29 is 4.79 Å². The first-order valence-electron chi connectivity index (χ1n) is 6.43. The van der Waals surface area contributed by atoms with E-state index in [9.17, 15) is 4.79 Å². The molecule has 1 amide bonds. The van der Waals surface area contributed by atoms with Crippen LogP contribution < -0.4 is 5.32 Å². The van der Waals surface area contributed by atoms with Crippen LogP contribution >= 0.6 is 15.9 Å². The number of hydrogen-bond acceptors (Lipinski definition) is 2. The van der Waals surface area contributed by atoms with Gasteiger partial charge in [0, 0.05) is 22.8 Å². The number of aromatic nitrogens is 1. The van der Waals surface area contributed by atoms with Crippen molar-refractivity contribution in [1.29, 1.82) is 0 Å². The normalized spacial score (nSPS) is 10.6. The highest BCUT2D eigenvalue weighted by Crippen LogP contribution is 2.22. The van der Waals surface area contributed by atoms with Crippen LogP contribution in [0.4, 0.5) is 5.69 Å². The predicted octanol–water partition coefficient (Wildman–Crippen LogP) is 4.05. The average Bonchev–Trinajstić information content (AvgIpc) is 2.40. The Balaban J connectivity index is 2.16. The number of amides is 1. The first kappa shape index (κ1) is 14.0. The number of carbonyl (C=O) groups is 1. The van der Waals surface area contributed by atoms with Gasteiger partial charge in [0.1, 0.15) is 0 Å². The minimum atomic E-state index is 0.0526. The molecule has 0 saturated carbocycles. The zero-order valence-electron chi connectivity index (χ0n) is 10.9. The van der Waals surface area contributed by atoms with Gasteiger partial charge >= 0.3 is 0 Å². The molecule has 1 N–H and O–H groups in total. The van der Waals surface area contributed by atoms with Gasteiger partial charge in [0.25, 0.3) is 0 Å². The number of para-hydroxylation sites is 1. The number of nitrogens with one attached hydrogen (secondary N) is 1. The number of alkyl halides is 1. The number of anilines is 1. The molecule has 0 atom stereocenters. The summed E-state index contributed by atoms with van der Waals surface area (Å²) in [6.07, 6.45) is 2.46. The van der Waals surface area contributed by atoms with Crippen molar-refractivity contribution in [2.24, 2.45) is 0 Å². The lowest BCUT2D eigenvalue weighted by Gasteiger charge is -2.08. The highest BCUT2D eigenvalue weighted by Gasteiger charge is 2.06. The number of nitrogens with zero attached hydrogens (tertiary/aromatic N) is 1. The van der Waals surface area contributed by atoms with Crippen molar-refractivity contribution in [2.75, 3.05) is 10.6 Å². The molecule has 100 valence electrons. The van der Waals surface area contributed by atoms with Gasteiger partial charge in [-0.25, -0.2) is 0 Å². The van der Waals surface area contributed by atoms with E-state index in [4.69, 9.17) is 0 Å². The first-order chi connectivity index (χ1) is 9.20. The lowest BCUT2D eigenvalue weighted by atomic mass is 10.1. The van der Waals surface area contributed by atoms with Crippen LogP contribution in [0.15, 0.2) is 30.3 Å². The first-order valence-corrected chi connectivity index (χ1v) is 7.55. The number of pyridine rings is 1. The Bertz CT molecular complexity index is 583. The third kappa shape index (κ3) is 3.77. The zero-order chi connectivity index (χ0) is 13.7. The van der Waals surface area contributed by atoms with Gasteiger partial charge in [-0.15, -0.1) is 0 Å². The Hall–Kier alpha value is -1.42. The fraction of sp³-hybridized carbons (Fsp3) is 0.333. The van der Waals surface area contributed by atoms with Gasteiger partial charge in [0.05, 0.1) is 11.2 Å². The lowest BCUT2D eigenvalue weighted by Crippen LogP contribution is -2.11. The minimum absolute atomic E-state index is 0.0526. The number of hydrogen-bond donors (Lipinski definition) is 1. The number of carbonyl (C=O) groups excluding carboxylic acids is 1. The predicted molar refractivity (Wildman–Crippen MR) is 82.8 cm³/mol. The Kier molecular flexibility index (Phi) is 4.91. The third-order valence-corrected chi connectivity index (χ3v) is 3.48. The summed E-state index contributed by atoms with van der Waals surface area (Å²) in [4.78, 5) is 16.4. The van der Waals surface area contributed by atoms with Gasteiger partial charge in [-0.05, 0) is 31.9 Å². The van der Waals surface area contributed by atoms with E-state index in [1.807, 2.05) is 37.3 Å². The van der Waals surface area contributed by atoms with Crippen molar-refractivity contribution in [3.63, 3.8) is 0 Å². The van der Waals surface area contributed by atoms with E-state index in [0.29, 0.717) is 6.42 Å². The molecule has 1 aromatic heterocycles. The molecule has 0 aliphatic heterocycles. The van der Waals surface area contributed by atoms with Crippen LogP contribution in [0.3, 0.4) is 0 Å². The van der Waals surface area contributed by atoms with Gasteiger partial charge < -0.3 is 5.32 Å². The van der Waals surface area contributed by atoms with E-state index in [1.165, 1.54) is 0 Å². The van der Waals surface area contributed by atoms with E-state index >= 15 is 0 Å². The second-order valence-corrected chi connectivity index (χ2v) is 5.32. The number of rotatable bonds is 5. The van der Waals surface area contributed by atoms with Gasteiger partial charge in [-0.2, -0.15) is 0 Å². The molecule has 0 unspecified atom stereocenters. The van der Waals surface area contributed by atoms with Crippen molar-refractivity contribution in [1.82, 2.24) is 4.98 Å². The van der Waals surface area contributed by atoms with Crippen LogP contribution in [-0.2, 0) is 4.79 Å². The second kappa shape index (κ2) is 6.66. The lowest BCUT2D eigenvalue weighted by molar-refractivity contribution is -0.116. The molecule has 1 heterocycles. The number of benzene rings is 1. The van der Waals surface area contributed by atoms with Crippen LogP contribution in [0.5, 0.6) is 0 Å². The second-order valence-electron chi connectivity index (χ2n) is 4.52. The fourth-order valence-electron chi connectivity index (χ4n) is 1.94. The van der Waals surface area contributed by atoms with Gasteiger partial charge in [0.2, 0.25) is 5.91 Å². The van der Waals surface area contributed by atoms with Crippen LogP contribution in [0.1, 0.15) is 25.0 Å². The van der Waals surface area contributed by atoms with Gasteiger partial charge in [-0.3, -0.25) is 9.78 Å². The molecule has 2 aromatic rings. The number of halogens is 1. The molecule has 4 heteroatoms. The summed E-state index contributed by atoms with van der Waals surface area (Å²) in [6.45, 7) is 1.95. The monoisotopic (exact) mass is 320 g/mol. The maximum Gasteiger partial charge on any atom is 0.224 e. The Labute approximate surface area is 121 Å². The molecule has 0 aliphatic rings. The fourth-order valence-corrected chi connectivity index (χ4v) is 2.33. The van der Waals surface area contributed by atoms with Crippen molar-refractivity contribution in [3.05, 3.63) is 36.0 Å². The molecule has 0 saturated heterocycles. The van der Waals surface area contributed by atoms with E-state index < -0.39 is 0 Å². The SMILES string of the molecule is Cc1ccc2cccc(NC(=O)CCCCBr)c2n1. The quantitative estimate of drug-likeness (QED) is 0.667. The van der Waals surface area contributed by atoms with E-state index in [0.717, 1.165) is 40.5 Å². The summed E-state index contributed by atoms with van der Waals surface area (Å²) < 4.78 is 0. The van der Waals surface area contributed by atoms with E-state index in [1.54, 1.807) is 0 Å². The van der Waals surface area contributed by atoms with Crippen LogP contribution in [0.25, 0.3) is 10.9 Å². The Morgan fingerprint density at radius 1 is 1.26 bits per heavy atom. The highest BCUT2D eigenvalue weighted by atomic mass is 79.9. The molecule has 0 bridgehead atoms. The van der Waals surface area contributed by atoms with Crippen LogP contribution in [0.2, 0.25) is 0 Å². The van der Waals surface area contributed by atoms with Crippen LogP contribution in [0, 0.1) is 6.92 Å². The number of aryl methyl sites for hydroxylation is 1. The summed E-state index contributed by atoms with van der Waals surface area (Å²) >= 11 is 3.37. The topological polar surface area (TPSA) is 42.0 Å². The molecule has 19 heavy (non-hydrogen) atoms. The van der Waals surface area contributed by atoms with Crippen molar-refractivity contribution in [2.45, 2.75) is 26.2 Å². The molecule has 0 fully saturated rings. The molecule has 3 nitrogen and oxygen atoms in total. The number of unbranched alkanes of at least 4 members (excludes halogenated alkanes) is 1. The Morgan fingerprint density at radius 2 is 2.11 bits per heavy atom. The summed E-state index contributed by atoms with van der Waals surface area (Å²) in [5, 5.41) is 4.94. The summed E-state index contributed by atoms with van der Waals surface area (Å²) in [7, 11) is 0. The van der Waals surface area contributed by atoms with E-state index in [2.05, 4.69) is 26.2 Å². The van der Waals surface area contributed by atoms with Gasteiger partial charge in [-0.1, -0.05) is 34.1 Å². The minimum Gasteiger partial charge on any atom is -0.324 e. The molecule has 0 aliphatic carbocycles. The maximum absolute atomic E-state index is 11.9. The molecule has 0 spiro atoms. The standard InChI is InChI=1S/C15H17BrN2O/c1-11-8-9-12-5-4-6-13(15(12)17-11)18-14(19)7-2-3-10-16/h4-6,8-9H,2-3,7,10H2,1H3,(H,18,19). The largest absolute Gasteiger partial charge is 0.324 e. The molecular weight excluding hydrogens is 304 g/mol. The molecular formula is C15H17BrN2O. The zero-order valence-corrected chi connectivity index (χ0v) is 12.5. The summed E-state index contributed by atoms with van der Waals surface area (Å²) in [5.74, 6) is 0.0526. The van der Waals surface area contributed by atoms with Crippen LogP contribution in [-0.4, -0.2) is 16.2 Å². The smallest absolute Gasteiger partial charge is 0.224 e. The maximum atomic E-state index is 11.9. The average molecular weight is 321 g/mol. The van der Waals surface area contributed by atoms with Crippen molar-refractivity contribution >= 4 is 38.4 Å². The Morgan fingerprint density at radius 3 is 2.89 bits per heavy atom. The summed E-state index contributed by atoms with van der Waals surface area (Å²) in [6, 6.07) is 9.84. The van der Waals surface area contributed by atoms with Crippen molar-refractivity contribution in [3.8, 4) is 0 Å². The third-order valence-electron chi connectivity index (χ3n) is 2.92. The number of fused-ring (bicyclic) bond motifs is 1. The molecule has 2 rings (SSSR count). The van der Waals surface area contributed by atoms with Gasteiger partial charge in [0.15, 0.2) is 0 Å². The molecule has 1 aromatic carbocycles.